The Bertz CT molecular complexity index is 1530. The first-order valence-corrected chi connectivity index (χ1v) is 11.6. The molecule has 0 bridgehead atoms. The summed E-state index contributed by atoms with van der Waals surface area (Å²) in [5.41, 5.74) is 6.06. The van der Waals surface area contributed by atoms with E-state index in [0.29, 0.717) is 27.5 Å². The van der Waals surface area contributed by atoms with Crippen LogP contribution in [-0.2, 0) is 0 Å². The van der Waals surface area contributed by atoms with E-state index in [2.05, 4.69) is 15.5 Å². The fraction of sp³-hybridized carbons (Fsp3) is 0.148. The average Bonchev–Trinajstić information content (AvgIpc) is 3.39. The number of hydrogen-bond donors (Lipinski definition) is 2. The topological polar surface area (TPSA) is 75.6 Å². The molecule has 0 saturated heterocycles. The SMILES string of the molecule is Cc1n[nH]c(C)c1C(C)NC(=O)c1ccc2c(-c3ccccc3Cl)nn(-c3ccc(F)cc3)c2c1. The Hall–Kier alpha value is -3.97. The first kappa shape index (κ1) is 22.8. The molecule has 8 heteroatoms. The average molecular weight is 488 g/mol. The van der Waals surface area contributed by atoms with E-state index in [-0.39, 0.29) is 17.8 Å². The van der Waals surface area contributed by atoms with Gasteiger partial charge in [0.1, 0.15) is 11.5 Å². The highest BCUT2D eigenvalue weighted by atomic mass is 35.5. The van der Waals surface area contributed by atoms with Crippen molar-refractivity contribution in [1.29, 1.82) is 0 Å². The first-order chi connectivity index (χ1) is 16.8. The van der Waals surface area contributed by atoms with Crippen LogP contribution in [0.4, 0.5) is 4.39 Å². The van der Waals surface area contributed by atoms with Gasteiger partial charge >= 0.3 is 0 Å². The van der Waals surface area contributed by atoms with Gasteiger partial charge in [0.25, 0.3) is 5.91 Å². The maximum Gasteiger partial charge on any atom is 0.251 e. The molecule has 0 aliphatic rings. The molecular weight excluding hydrogens is 465 g/mol. The summed E-state index contributed by atoms with van der Waals surface area (Å²) >= 11 is 6.48. The van der Waals surface area contributed by atoms with Crippen LogP contribution < -0.4 is 5.32 Å². The fourth-order valence-corrected chi connectivity index (χ4v) is 4.66. The zero-order chi connectivity index (χ0) is 24.7. The number of fused-ring (bicyclic) bond motifs is 1. The zero-order valence-corrected chi connectivity index (χ0v) is 20.2. The molecule has 0 spiro atoms. The molecule has 1 unspecified atom stereocenters. The van der Waals surface area contributed by atoms with Gasteiger partial charge in [-0.15, -0.1) is 0 Å². The van der Waals surface area contributed by atoms with Crippen LogP contribution in [0.5, 0.6) is 0 Å². The number of carbonyl (C=O) groups excluding carboxylic acids is 1. The minimum absolute atomic E-state index is 0.217. The molecular formula is C27H23ClFN5O. The second-order valence-corrected chi connectivity index (χ2v) is 8.90. The second kappa shape index (κ2) is 9.00. The van der Waals surface area contributed by atoms with Crippen LogP contribution in [0.15, 0.2) is 66.7 Å². The number of hydrogen-bond acceptors (Lipinski definition) is 3. The molecule has 5 rings (SSSR count). The Morgan fingerprint density at radius 1 is 1.09 bits per heavy atom. The highest BCUT2D eigenvalue weighted by molar-refractivity contribution is 6.33. The summed E-state index contributed by atoms with van der Waals surface area (Å²) in [6.07, 6.45) is 0. The number of nitrogens with zero attached hydrogens (tertiary/aromatic N) is 3. The number of carbonyl (C=O) groups is 1. The van der Waals surface area contributed by atoms with E-state index >= 15 is 0 Å². The molecule has 2 N–H and O–H groups in total. The van der Waals surface area contributed by atoms with Crippen LogP contribution >= 0.6 is 11.6 Å². The summed E-state index contributed by atoms with van der Waals surface area (Å²) in [4.78, 5) is 13.2. The molecule has 0 saturated carbocycles. The molecule has 6 nitrogen and oxygen atoms in total. The number of halogens is 2. The summed E-state index contributed by atoms with van der Waals surface area (Å²) < 4.78 is 15.3. The Kier molecular flexibility index (Phi) is 5.86. The lowest BCUT2D eigenvalue weighted by Crippen LogP contribution is -2.27. The molecule has 2 heterocycles. The maximum atomic E-state index is 13.6. The predicted octanol–water partition coefficient (Wildman–Crippen LogP) is 6.32. The lowest BCUT2D eigenvalue weighted by Gasteiger charge is -2.15. The van der Waals surface area contributed by atoms with E-state index in [0.717, 1.165) is 27.9 Å². The van der Waals surface area contributed by atoms with Gasteiger partial charge in [-0.05, 0) is 69.3 Å². The van der Waals surface area contributed by atoms with E-state index in [1.165, 1.54) is 12.1 Å². The van der Waals surface area contributed by atoms with E-state index in [1.54, 1.807) is 28.9 Å². The van der Waals surface area contributed by atoms with Gasteiger partial charge in [-0.1, -0.05) is 29.8 Å². The number of aromatic amines is 1. The number of aromatic nitrogens is 4. The van der Waals surface area contributed by atoms with Crippen molar-refractivity contribution < 1.29 is 9.18 Å². The van der Waals surface area contributed by atoms with E-state index < -0.39 is 0 Å². The van der Waals surface area contributed by atoms with Crippen LogP contribution in [0, 0.1) is 19.7 Å². The van der Waals surface area contributed by atoms with Crippen molar-refractivity contribution in [3.8, 4) is 16.9 Å². The molecule has 1 amide bonds. The molecule has 0 fully saturated rings. The van der Waals surface area contributed by atoms with Gasteiger partial charge in [0, 0.05) is 27.8 Å². The molecule has 1 atom stereocenters. The fourth-order valence-electron chi connectivity index (χ4n) is 4.44. The number of H-pyrrole nitrogens is 1. The quantitative estimate of drug-likeness (QED) is 0.305. The van der Waals surface area contributed by atoms with Gasteiger partial charge in [-0.2, -0.15) is 10.2 Å². The third kappa shape index (κ3) is 4.19. The van der Waals surface area contributed by atoms with Crippen molar-refractivity contribution in [3.63, 3.8) is 0 Å². The van der Waals surface area contributed by atoms with Crippen LogP contribution in [0.25, 0.3) is 27.8 Å². The number of amides is 1. The Labute approximate surface area is 206 Å². The summed E-state index contributed by atoms with van der Waals surface area (Å²) in [5.74, 6) is -0.555. The standard InChI is InChI=1S/C27H23ClFN5O/c1-15(25-16(2)31-32-17(25)3)30-27(35)18-8-13-22-24(14-18)34(20-11-9-19(29)10-12-20)33-26(22)21-6-4-5-7-23(21)28/h4-15H,1-3H3,(H,30,35)(H,31,32). The van der Waals surface area contributed by atoms with Gasteiger partial charge in [0.15, 0.2) is 0 Å². The summed E-state index contributed by atoms with van der Waals surface area (Å²) in [5, 5.41) is 16.4. The summed E-state index contributed by atoms with van der Waals surface area (Å²) in [6.45, 7) is 5.77. The van der Waals surface area contributed by atoms with Crippen molar-refractivity contribution in [2.24, 2.45) is 0 Å². The van der Waals surface area contributed by atoms with Crippen molar-refractivity contribution in [1.82, 2.24) is 25.3 Å². The zero-order valence-electron chi connectivity index (χ0n) is 19.4. The Balaban J connectivity index is 1.60. The normalized spacial score (nSPS) is 12.1. The minimum atomic E-state index is -0.338. The van der Waals surface area contributed by atoms with Crippen LogP contribution in [-0.4, -0.2) is 25.9 Å². The number of nitrogens with one attached hydrogen (secondary N) is 2. The third-order valence-electron chi connectivity index (χ3n) is 6.11. The van der Waals surface area contributed by atoms with Gasteiger partial charge in [-0.3, -0.25) is 9.89 Å². The molecule has 176 valence electrons. The van der Waals surface area contributed by atoms with E-state index in [1.807, 2.05) is 51.1 Å². The van der Waals surface area contributed by atoms with Crippen molar-refractivity contribution in [2.45, 2.75) is 26.8 Å². The summed E-state index contributed by atoms with van der Waals surface area (Å²) in [7, 11) is 0. The Morgan fingerprint density at radius 3 is 2.51 bits per heavy atom. The number of aryl methyl sites for hydroxylation is 2. The summed E-state index contributed by atoms with van der Waals surface area (Å²) in [6, 6.07) is 18.7. The van der Waals surface area contributed by atoms with Gasteiger partial charge in [0.05, 0.1) is 28.0 Å². The van der Waals surface area contributed by atoms with Crippen LogP contribution in [0.3, 0.4) is 0 Å². The number of benzene rings is 3. The highest BCUT2D eigenvalue weighted by Crippen LogP contribution is 2.34. The van der Waals surface area contributed by atoms with E-state index in [9.17, 15) is 9.18 Å². The highest BCUT2D eigenvalue weighted by Gasteiger charge is 2.20. The van der Waals surface area contributed by atoms with Gasteiger partial charge in [0.2, 0.25) is 0 Å². The van der Waals surface area contributed by atoms with Crippen molar-refractivity contribution in [3.05, 3.63) is 100 Å². The molecule has 0 aliphatic carbocycles. The first-order valence-electron chi connectivity index (χ1n) is 11.2. The lowest BCUT2D eigenvalue weighted by molar-refractivity contribution is 0.0940. The van der Waals surface area contributed by atoms with Crippen LogP contribution in [0.1, 0.15) is 40.3 Å². The largest absolute Gasteiger partial charge is 0.345 e. The monoisotopic (exact) mass is 487 g/mol. The molecule has 0 aliphatic heterocycles. The molecule has 35 heavy (non-hydrogen) atoms. The third-order valence-corrected chi connectivity index (χ3v) is 6.44. The Morgan fingerprint density at radius 2 is 1.83 bits per heavy atom. The molecule has 5 aromatic rings. The molecule has 2 aromatic heterocycles. The second-order valence-electron chi connectivity index (χ2n) is 8.49. The molecule has 0 radical (unpaired) electrons. The van der Waals surface area contributed by atoms with Gasteiger partial charge in [-0.25, -0.2) is 9.07 Å². The van der Waals surface area contributed by atoms with Crippen molar-refractivity contribution >= 4 is 28.4 Å². The van der Waals surface area contributed by atoms with Gasteiger partial charge < -0.3 is 5.32 Å². The smallest absolute Gasteiger partial charge is 0.251 e. The lowest BCUT2D eigenvalue weighted by atomic mass is 10.0. The predicted molar refractivity (Wildman–Crippen MR) is 135 cm³/mol. The molecule has 3 aromatic carbocycles. The number of rotatable bonds is 5. The van der Waals surface area contributed by atoms with Crippen molar-refractivity contribution in [2.75, 3.05) is 0 Å². The van der Waals surface area contributed by atoms with Crippen LogP contribution in [0.2, 0.25) is 5.02 Å². The minimum Gasteiger partial charge on any atom is -0.345 e. The maximum absolute atomic E-state index is 13.6. The van der Waals surface area contributed by atoms with E-state index in [4.69, 9.17) is 16.7 Å².